The summed E-state index contributed by atoms with van der Waals surface area (Å²) >= 11 is 1.32. The molecule has 2 aromatic carbocycles. The van der Waals surface area contributed by atoms with Crippen LogP contribution >= 0.6 is 11.8 Å². The van der Waals surface area contributed by atoms with Crippen molar-refractivity contribution in [3.63, 3.8) is 0 Å². The van der Waals surface area contributed by atoms with Gasteiger partial charge in [0.05, 0.1) is 30.9 Å². The Morgan fingerprint density at radius 1 is 1.00 bits per heavy atom. The number of carbonyl (C=O) groups excluding carboxylic acids is 2. The zero-order valence-corrected chi connectivity index (χ0v) is 20.5. The van der Waals surface area contributed by atoms with Gasteiger partial charge in [-0.1, -0.05) is 6.07 Å². The summed E-state index contributed by atoms with van der Waals surface area (Å²) in [6.45, 7) is 7.00. The molecule has 1 saturated heterocycles. The average molecular weight is 485 g/mol. The first-order valence-electron chi connectivity index (χ1n) is 11.0. The molecule has 180 valence electrons. The predicted octanol–water partition coefficient (Wildman–Crippen LogP) is 4.66. The van der Waals surface area contributed by atoms with Gasteiger partial charge in [-0.15, -0.1) is 0 Å². The van der Waals surface area contributed by atoms with E-state index in [1.807, 2.05) is 45.0 Å². The molecule has 1 aliphatic heterocycles. The largest absolute Gasteiger partial charge is 0.494 e. The fourth-order valence-electron chi connectivity index (χ4n) is 3.11. The highest BCUT2D eigenvalue weighted by Crippen LogP contribution is 2.36. The second-order valence-electron chi connectivity index (χ2n) is 6.99. The van der Waals surface area contributed by atoms with Crippen LogP contribution in [-0.4, -0.2) is 55.4 Å². The number of amides is 1. The summed E-state index contributed by atoms with van der Waals surface area (Å²) in [4.78, 5) is 31.3. The molecule has 0 saturated carbocycles. The average Bonchev–Trinajstić information content (AvgIpc) is 3.13. The van der Waals surface area contributed by atoms with E-state index in [1.165, 1.54) is 18.9 Å². The molecule has 8 nitrogen and oxygen atoms in total. The minimum atomic E-state index is -0.486. The quantitative estimate of drug-likeness (QED) is 0.358. The van der Waals surface area contributed by atoms with Gasteiger partial charge < -0.3 is 18.9 Å². The van der Waals surface area contributed by atoms with Gasteiger partial charge in [-0.05, 0) is 80.6 Å². The van der Waals surface area contributed by atoms with Crippen molar-refractivity contribution in [2.24, 2.45) is 4.99 Å². The second-order valence-corrected chi connectivity index (χ2v) is 7.99. The van der Waals surface area contributed by atoms with E-state index < -0.39 is 5.97 Å². The molecule has 0 aromatic heterocycles. The van der Waals surface area contributed by atoms with E-state index in [2.05, 4.69) is 9.73 Å². The Kier molecular flexibility index (Phi) is 8.98. The Bertz CT molecular complexity index is 1080. The van der Waals surface area contributed by atoms with Crippen LogP contribution < -0.4 is 14.2 Å². The molecule has 0 N–H and O–H groups in total. The van der Waals surface area contributed by atoms with Crippen molar-refractivity contribution in [1.29, 1.82) is 0 Å². The molecule has 3 rings (SSSR count). The normalized spacial score (nSPS) is 15.6. The summed E-state index contributed by atoms with van der Waals surface area (Å²) in [5.74, 6) is 1.08. The maximum atomic E-state index is 13.0. The van der Waals surface area contributed by atoms with Crippen LogP contribution in [0.3, 0.4) is 0 Å². The number of carbonyl (C=O) groups is 2. The van der Waals surface area contributed by atoms with Gasteiger partial charge in [0.15, 0.2) is 23.3 Å². The number of amidine groups is 1. The van der Waals surface area contributed by atoms with E-state index in [-0.39, 0.29) is 12.5 Å². The predicted molar refractivity (Wildman–Crippen MR) is 133 cm³/mol. The lowest BCUT2D eigenvalue weighted by atomic mass is 10.2. The molecule has 0 bridgehead atoms. The third kappa shape index (κ3) is 6.32. The number of hydrogen-bond donors (Lipinski definition) is 0. The lowest BCUT2D eigenvalue weighted by molar-refractivity contribution is -0.142. The van der Waals surface area contributed by atoms with E-state index in [0.29, 0.717) is 41.3 Å². The third-order valence-corrected chi connectivity index (χ3v) is 5.72. The number of ether oxygens (including phenoxy) is 4. The standard InChI is InChI=1S/C25H28N2O6S/c1-5-27-24(29)22(34-25(27)26-18-9-11-19(12-10-18)31-6-2)15-17-8-13-20(21(14-17)32-7-3)33-16-23(28)30-4/h8-15H,5-7,16H2,1-4H3. The van der Waals surface area contributed by atoms with E-state index >= 15 is 0 Å². The smallest absolute Gasteiger partial charge is 0.343 e. The Labute approximate surface area is 203 Å². The molecule has 1 heterocycles. The Hall–Kier alpha value is -3.46. The van der Waals surface area contributed by atoms with Gasteiger partial charge in [0, 0.05) is 6.54 Å². The van der Waals surface area contributed by atoms with Gasteiger partial charge in [-0.3, -0.25) is 9.69 Å². The molecule has 9 heteroatoms. The van der Waals surface area contributed by atoms with Gasteiger partial charge in [-0.2, -0.15) is 0 Å². The van der Waals surface area contributed by atoms with Crippen LogP contribution in [0.4, 0.5) is 5.69 Å². The molecule has 1 aliphatic rings. The molecule has 34 heavy (non-hydrogen) atoms. The van der Waals surface area contributed by atoms with Crippen LogP contribution in [0.1, 0.15) is 26.3 Å². The zero-order valence-electron chi connectivity index (χ0n) is 19.7. The van der Waals surface area contributed by atoms with Crippen LogP contribution in [0.5, 0.6) is 17.2 Å². The fraction of sp³-hybridized carbons (Fsp3) is 0.320. The number of thioether (sulfide) groups is 1. The highest BCUT2D eigenvalue weighted by Gasteiger charge is 2.32. The third-order valence-electron chi connectivity index (χ3n) is 4.72. The Morgan fingerprint density at radius 2 is 1.74 bits per heavy atom. The summed E-state index contributed by atoms with van der Waals surface area (Å²) in [5.41, 5.74) is 1.51. The van der Waals surface area contributed by atoms with Crippen LogP contribution in [0.25, 0.3) is 6.08 Å². The van der Waals surface area contributed by atoms with E-state index in [0.717, 1.165) is 17.0 Å². The first-order chi connectivity index (χ1) is 16.5. The number of hydrogen-bond acceptors (Lipinski definition) is 8. The minimum absolute atomic E-state index is 0.110. The van der Waals surface area contributed by atoms with E-state index in [9.17, 15) is 9.59 Å². The van der Waals surface area contributed by atoms with Gasteiger partial charge in [0.2, 0.25) is 0 Å². The number of benzene rings is 2. The van der Waals surface area contributed by atoms with Crippen LogP contribution in [0, 0.1) is 0 Å². The molecule has 0 radical (unpaired) electrons. The summed E-state index contributed by atoms with van der Waals surface area (Å²) in [5, 5.41) is 0.617. The minimum Gasteiger partial charge on any atom is -0.494 e. The Morgan fingerprint density at radius 3 is 2.38 bits per heavy atom. The highest BCUT2D eigenvalue weighted by atomic mass is 32.2. The molecule has 0 spiro atoms. The first-order valence-corrected chi connectivity index (χ1v) is 11.8. The molecule has 0 aliphatic carbocycles. The molecular weight excluding hydrogens is 456 g/mol. The van der Waals surface area contributed by atoms with E-state index in [1.54, 1.807) is 29.2 Å². The van der Waals surface area contributed by atoms with Crippen LogP contribution in [0.2, 0.25) is 0 Å². The SMILES string of the molecule is CCOc1ccc(N=C2SC(=Cc3ccc(OCC(=O)OC)c(OCC)c3)C(=O)N2CC)cc1. The van der Waals surface area contributed by atoms with Gasteiger partial charge in [0.1, 0.15) is 5.75 Å². The molecular formula is C25H28N2O6S. The van der Waals surface area contributed by atoms with Gasteiger partial charge >= 0.3 is 5.97 Å². The first kappa shape index (κ1) is 25.2. The molecule has 0 atom stereocenters. The van der Waals surface area contributed by atoms with E-state index in [4.69, 9.17) is 14.2 Å². The lowest BCUT2D eigenvalue weighted by Crippen LogP contribution is -2.28. The zero-order chi connectivity index (χ0) is 24.5. The molecule has 1 fully saturated rings. The van der Waals surface area contributed by atoms with Crippen molar-refractivity contribution < 1.29 is 28.5 Å². The summed E-state index contributed by atoms with van der Waals surface area (Å²) in [6, 6.07) is 12.7. The van der Waals surface area contributed by atoms with Crippen molar-refractivity contribution in [3.8, 4) is 17.2 Å². The van der Waals surface area contributed by atoms with Crippen molar-refractivity contribution >= 4 is 40.6 Å². The summed E-state index contributed by atoms with van der Waals surface area (Å²) in [7, 11) is 1.30. The van der Waals surface area contributed by atoms with Crippen molar-refractivity contribution in [3.05, 3.63) is 52.9 Å². The highest BCUT2D eigenvalue weighted by molar-refractivity contribution is 8.18. The van der Waals surface area contributed by atoms with Crippen LogP contribution in [0.15, 0.2) is 52.4 Å². The fourth-order valence-corrected chi connectivity index (χ4v) is 4.18. The lowest BCUT2D eigenvalue weighted by Gasteiger charge is -2.12. The monoisotopic (exact) mass is 484 g/mol. The topological polar surface area (TPSA) is 86.7 Å². The second kappa shape index (κ2) is 12.1. The number of esters is 1. The molecule has 0 unspecified atom stereocenters. The van der Waals surface area contributed by atoms with Gasteiger partial charge in [-0.25, -0.2) is 9.79 Å². The summed E-state index contributed by atoms with van der Waals surface area (Å²) < 4.78 is 21.2. The van der Waals surface area contributed by atoms with Crippen molar-refractivity contribution in [1.82, 2.24) is 4.90 Å². The number of methoxy groups -OCH3 is 1. The maximum Gasteiger partial charge on any atom is 0.343 e. The number of rotatable bonds is 10. The summed E-state index contributed by atoms with van der Waals surface area (Å²) in [6.07, 6.45) is 1.79. The van der Waals surface area contributed by atoms with Crippen molar-refractivity contribution in [2.45, 2.75) is 20.8 Å². The number of likely N-dealkylation sites (N-methyl/N-ethyl adjacent to an activating group) is 1. The number of aliphatic imine (C=N–C) groups is 1. The maximum absolute atomic E-state index is 13.0. The van der Waals surface area contributed by atoms with Gasteiger partial charge in [0.25, 0.3) is 5.91 Å². The van der Waals surface area contributed by atoms with Crippen molar-refractivity contribution in [2.75, 3.05) is 33.5 Å². The van der Waals surface area contributed by atoms with Crippen LogP contribution in [-0.2, 0) is 14.3 Å². The molecule has 1 amide bonds. The molecule has 2 aromatic rings. The Balaban J connectivity index is 1.83. The number of nitrogens with zero attached hydrogens (tertiary/aromatic N) is 2.